The van der Waals surface area contributed by atoms with Crippen molar-refractivity contribution < 1.29 is 0 Å². The minimum Gasteiger partial charge on any atom is -0.148 e. The Kier molecular flexibility index (Phi) is 4.41. The molecule has 0 saturated heterocycles. The number of rotatable bonds is 4. The molecule has 0 saturated carbocycles. The summed E-state index contributed by atoms with van der Waals surface area (Å²) < 4.78 is 1.15. The number of halogens is 1. The lowest BCUT2D eigenvalue weighted by molar-refractivity contribution is 0.804. The molecule has 1 heterocycles. The van der Waals surface area contributed by atoms with Crippen LogP contribution in [0.3, 0.4) is 0 Å². The lowest BCUT2D eigenvalue weighted by atomic mass is 10.0. The Balaban J connectivity index is 2.24. The van der Waals surface area contributed by atoms with Crippen LogP contribution in [0.1, 0.15) is 30.2 Å². The van der Waals surface area contributed by atoms with E-state index in [1.54, 1.807) is 0 Å². The lowest BCUT2D eigenvalue weighted by Crippen LogP contribution is -1.81. The number of aryl methyl sites for hydroxylation is 2. The normalized spacial score (nSPS) is 10.8. The highest BCUT2D eigenvalue weighted by molar-refractivity contribution is 9.10. The van der Waals surface area contributed by atoms with Gasteiger partial charge in [-0.3, -0.25) is 0 Å². The van der Waals surface area contributed by atoms with Gasteiger partial charge in [-0.1, -0.05) is 35.3 Å². The van der Waals surface area contributed by atoms with Gasteiger partial charge in [0, 0.05) is 9.35 Å². The number of unbranched alkanes of at least 4 members (excludes halogenated alkanes) is 1. The van der Waals surface area contributed by atoms with Crippen LogP contribution in [-0.2, 0) is 6.42 Å². The molecular formula is C15H17BrS. The highest BCUT2D eigenvalue weighted by atomic mass is 79.9. The van der Waals surface area contributed by atoms with Crippen LogP contribution in [0.4, 0.5) is 0 Å². The van der Waals surface area contributed by atoms with Crippen molar-refractivity contribution in [2.75, 3.05) is 0 Å². The standard InChI is InChI=1S/C15H17BrS/c1-3-4-5-14-9-12(10-17-14)15-7-6-13(16)8-11(15)2/h6-10H,3-5H2,1-2H3. The predicted octanol–water partition coefficient (Wildman–Crippen LogP) is 5.83. The van der Waals surface area contributed by atoms with Gasteiger partial charge in [-0.25, -0.2) is 0 Å². The van der Waals surface area contributed by atoms with Crippen molar-refractivity contribution in [3.05, 3.63) is 44.6 Å². The van der Waals surface area contributed by atoms with Crippen molar-refractivity contribution >= 4 is 27.3 Å². The maximum absolute atomic E-state index is 3.51. The fourth-order valence-corrected chi connectivity index (χ4v) is 3.36. The van der Waals surface area contributed by atoms with Crippen LogP contribution in [-0.4, -0.2) is 0 Å². The van der Waals surface area contributed by atoms with Gasteiger partial charge in [0.05, 0.1) is 0 Å². The number of thiophene rings is 1. The van der Waals surface area contributed by atoms with E-state index in [2.05, 4.69) is 59.4 Å². The van der Waals surface area contributed by atoms with E-state index in [-0.39, 0.29) is 0 Å². The van der Waals surface area contributed by atoms with E-state index in [9.17, 15) is 0 Å². The van der Waals surface area contributed by atoms with E-state index in [4.69, 9.17) is 0 Å². The summed E-state index contributed by atoms with van der Waals surface area (Å²) in [6.45, 7) is 4.41. The van der Waals surface area contributed by atoms with Gasteiger partial charge in [0.15, 0.2) is 0 Å². The minimum absolute atomic E-state index is 1.15. The zero-order chi connectivity index (χ0) is 12.3. The fourth-order valence-electron chi connectivity index (χ4n) is 1.95. The molecule has 0 spiro atoms. The predicted molar refractivity (Wildman–Crippen MR) is 80.8 cm³/mol. The topological polar surface area (TPSA) is 0 Å². The molecular weight excluding hydrogens is 292 g/mol. The average molecular weight is 309 g/mol. The second kappa shape index (κ2) is 5.83. The smallest absolute Gasteiger partial charge is 0.0178 e. The summed E-state index contributed by atoms with van der Waals surface area (Å²) in [4.78, 5) is 1.50. The molecule has 1 aromatic heterocycles. The molecule has 90 valence electrons. The number of benzene rings is 1. The van der Waals surface area contributed by atoms with E-state index in [1.165, 1.54) is 40.8 Å². The maximum atomic E-state index is 3.51. The van der Waals surface area contributed by atoms with Gasteiger partial charge in [0.25, 0.3) is 0 Å². The van der Waals surface area contributed by atoms with Crippen LogP contribution >= 0.6 is 27.3 Å². The van der Waals surface area contributed by atoms with Crippen molar-refractivity contribution in [3.63, 3.8) is 0 Å². The van der Waals surface area contributed by atoms with E-state index in [0.717, 1.165) is 4.47 Å². The third-order valence-electron chi connectivity index (χ3n) is 2.93. The van der Waals surface area contributed by atoms with Crippen molar-refractivity contribution in [2.24, 2.45) is 0 Å². The van der Waals surface area contributed by atoms with Crippen molar-refractivity contribution in [1.29, 1.82) is 0 Å². The molecule has 0 aliphatic rings. The van der Waals surface area contributed by atoms with Crippen molar-refractivity contribution in [3.8, 4) is 11.1 Å². The summed E-state index contributed by atoms with van der Waals surface area (Å²) in [5.74, 6) is 0. The molecule has 0 atom stereocenters. The molecule has 1 aromatic carbocycles. The number of hydrogen-bond donors (Lipinski definition) is 0. The fraction of sp³-hybridized carbons (Fsp3) is 0.333. The van der Waals surface area contributed by atoms with Gasteiger partial charge in [-0.05, 0) is 60.0 Å². The molecule has 0 fully saturated rings. The van der Waals surface area contributed by atoms with Crippen LogP contribution in [0, 0.1) is 6.92 Å². The van der Waals surface area contributed by atoms with Crippen LogP contribution in [0.25, 0.3) is 11.1 Å². The van der Waals surface area contributed by atoms with Crippen LogP contribution in [0.15, 0.2) is 34.1 Å². The van der Waals surface area contributed by atoms with Gasteiger partial charge >= 0.3 is 0 Å². The SMILES string of the molecule is CCCCc1cc(-c2ccc(Br)cc2C)cs1. The van der Waals surface area contributed by atoms with Crippen LogP contribution < -0.4 is 0 Å². The second-order valence-electron chi connectivity index (χ2n) is 4.36. The minimum atomic E-state index is 1.15. The Labute approximate surface area is 116 Å². The Morgan fingerprint density at radius 1 is 1.24 bits per heavy atom. The van der Waals surface area contributed by atoms with Gasteiger partial charge < -0.3 is 0 Å². The molecule has 0 nitrogen and oxygen atoms in total. The summed E-state index contributed by atoms with van der Waals surface area (Å²) in [7, 11) is 0. The molecule has 0 bridgehead atoms. The first-order chi connectivity index (χ1) is 8.20. The number of hydrogen-bond acceptors (Lipinski definition) is 1. The van der Waals surface area contributed by atoms with E-state index in [0.29, 0.717) is 0 Å². The highest BCUT2D eigenvalue weighted by Gasteiger charge is 2.05. The average Bonchev–Trinajstić information content (AvgIpc) is 2.75. The molecule has 0 radical (unpaired) electrons. The van der Waals surface area contributed by atoms with Gasteiger partial charge in [-0.15, -0.1) is 11.3 Å². The molecule has 2 aromatic rings. The first kappa shape index (κ1) is 12.8. The Bertz CT molecular complexity index is 499. The van der Waals surface area contributed by atoms with Crippen molar-refractivity contribution in [2.45, 2.75) is 33.1 Å². The Hall–Kier alpha value is -0.600. The summed E-state index contributed by atoms with van der Waals surface area (Å²) in [5, 5.41) is 2.28. The Morgan fingerprint density at radius 3 is 2.76 bits per heavy atom. The molecule has 2 heteroatoms. The highest BCUT2D eigenvalue weighted by Crippen LogP contribution is 2.30. The molecule has 0 amide bonds. The Morgan fingerprint density at radius 2 is 2.06 bits per heavy atom. The van der Waals surface area contributed by atoms with Crippen LogP contribution in [0.5, 0.6) is 0 Å². The third kappa shape index (κ3) is 3.20. The summed E-state index contributed by atoms with van der Waals surface area (Å²) in [5.41, 5.74) is 4.05. The molecule has 2 rings (SSSR count). The van der Waals surface area contributed by atoms with Crippen molar-refractivity contribution in [1.82, 2.24) is 0 Å². The van der Waals surface area contributed by atoms with Gasteiger partial charge in [0.1, 0.15) is 0 Å². The van der Waals surface area contributed by atoms with Gasteiger partial charge in [-0.2, -0.15) is 0 Å². The quantitative estimate of drug-likeness (QED) is 0.666. The summed E-state index contributed by atoms with van der Waals surface area (Å²) in [6.07, 6.45) is 3.78. The summed E-state index contributed by atoms with van der Waals surface area (Å²) >= 11 is 5.40. The zero-order valence-electron chi connectivity index (χ0n) is 10.3. The van der Waals surface area contributed by atoms with Gasteiger partial charge in [0.2, 0.25) is 0 Å². The van der Waals surface area contributed by atoms with Crippen LogP contribution in [0.2, 0.25) is 0 Å². The molecule has 0 aliphatic carbocycles. The lowest BCUT2D eigenvalue weighted by Gasteiger charge is -2.03. The van der Waals surface area contributed by atoms with E-state index in [1.807, 2.05) is 11.3 Å². The second-order valence-corrected chi connectivity index (χ2v) is 6.28. The molecule has 0 aliphatic heterocycles. The third-order valence-corrected chi connectivity index (χ3v) is 4.42. The van der Waals surface area contributed by atoms with E-state index >= 15 is 0 Å². The zero-order valence-corrected chi connectivity index (χ0v) is 12.7. The maximum Gasteiger partial charge on any atom is 0.0178 e. The van der Waals surface area contributed by atoms with E-state index < -0.39 is 0 Å². The molecule has 0 unspecified atom stereocenters. The summed E-state index contributed by atoms with van der Waals surface area (Å²) in [6, 6.07) is 8.84. The first-order valence-electron chi connectivity index (χ1n) is 6.04. The largest absolute Gasteiger partial charge is 0.148 e. The molecule has 17 heavy (non-hydrogen) atoms. The first-order valence-corrected chi connectivity index (χ1v) is 7.72. The molecule has 0 N–H and O–H groups in total. The monoisotopic (exact) mass is 308 g/mol.